The Balaban J connectivity index is 0.749. The van der Waals surface area contributed by atoms with Gasteiger partial charge in [0.25, 0.3) is 17.4 Å². The maximum absolute atomic E-state index is 15.9. The second kappa shape index (κ2) is 18.1. The van der Waals surface area contributed by atoms with Crippen LogP contribution in [-0.4, -0.2) is 118 Å². The van der Waals surface area contributed by atoms with E-state index in [1.807, 2.05) is 44.2 Å². The molecule has 1 unspecified atom stereocenters. The van der Waals surface area contributed by atoms with E-state index in [0.717, 1.165) is 54.3 Å². The number of carbonyl (C=O) groups is 4. The summed E-state index contributed by atoms with van der Waals surface area (Å²) >= 11 is 6.59. The molecule has 64 heavy (non-hydrogen) atoms. The van der Waals surface area contributed by atoms with E-state index in [0.29, 0.717) is 60.5 Å². The molecule has 4 fully saturated rings. The Hall–Kier alpha value is -5.65. The van der Waals surface area contributed by atoms with E-state index in [9.17, 15) is 24.0 Å². The maximum atomic E-state index is 15.9. The maximum Gasteiger partial charge on any atom is 0.293 e. The molecular formula is C46H53ClFN9O7. The van der Waals surface area contributed by atoms with Crippen LogP contribution in [0.15, 0.2) is 53.5 Å². The number of likely N-dealkylation sites (N-methyl/N-ethyl adjacent to an activating group) is 1. The third kappa shape index (κ3) is 8.76. The molecule has 2 aromatic carbocycles. The Labute approximate surface area is 374 Å². The fourth-order valence-corrected chi connectivity index (χ4v) is 9.97. The number of pyridine rings is 1. The summed E-state index contributed by atoms with van der Waals surface area (Å²) in [5.74, 6) is -0.513. The molecule has 5 aliphatic rings. The van der Waals surface area contributed by atoms with Gasteiger partial charge in [-0.2, -0.15) is 4.98 Å². The van der Waals surface area contributed by atoms with Gasteiger partial charge in [0, 0.05) is 74.3 Å². The van der Waals surface area contributed by atoms with Crippen LogP contribution < -0.4 is 31.1 Å². The summed E-state index contributed by atoms with van der Waals surface area (Å²) in [4.78, 5) is 77.6. The van der Waals surface area contributed by atoms with Gasteiger partial charge in [-0.3, -0.25) is 34.2 Å². The summed E-state index contributed by atoms with van der Waals surface area (Å²) in [6.07, 6.45) is 5.35. The van der Waals surface area contributed by atoms with Gasteiger partial charge in [0.1, 0.15) is 17.2 Å². The van der Waals surface area contributed by atoms with Crippen LogP contribution in [0.2, 0.25) is 5.02 Å². The van der Waals surface area contributed by atoms with E-state index < -0.39 is 18.1 Å². The largest absolute Gasteiger partial charge is 0.478 e. The molecule has 16 nitrogen and oxygen atoms in total. The van der Waals surface area contributed by atoms with Crippen LogP contribution in [0.5, 0.6) is 5.75 Å². The molecule has 4 aromatic rings. The molecule has 9 rings (SSSR count). The summed E-state index contributed by atoms with van der Waals surface area (Å²) in [6.45, 7) is 6.40. The van der Waals surface area contributed by atoms with Gasteiger partial charge in [-0.05, 0) is 100 Å². The predicted octanol–water partition coefficient (Wildman–Crippen LogP) is 5.00. The van der Waals surface area contributed by atoms with Crippen LogP contribution in [0.1, 0.15) is 92.2 Å². The standard InChI is InChI=1S/C46H53ClFN9O7/c1-25(2)57-37-7-5-29(17-27(37)18-39(45(57)62)63-24-41(59)49-3)51-42-35(47)21-50-46(53-42)54-13-10-31(11-14-54)64-32-19-30(20-32)55-15-12-33(36(48)23-55)26-4-6-34-28(16-26)22-56(44(34)61)38-8-9-40(58)52-43(38)60/h4-7,16-18,21,25,30-33,36,38H,8-15,19-20,22-24H2,1-3H3,(H,49,59)(H,50,51,53)(H,52,58,60)/t30?,32?,33-,36-,38?/m1/s1. The van der Waals surface area contributed by atoms with Crippen molar-refractivity contribution in [3.8, 4) is 5.75 Å². The minimum absolute atomic E-state index is 0.0815. The van der Waals surface area contributed by atoms with E-state index in [2.05, 4.69) is 30.7 Å². The predicted molar refractivity (Wildman–Crippen MR) is 238 cm³/mol. The van der Waals surface area contributed by atoms with Gasteiger partial charge in [0.05, 0.1) is 23.9 Å². The quantitative estimate of drug-likeness (QED) is 0.162. The minimum atomic E-state index is -1.04. The number of alkyl halides is 1. The monoisotopic (exact) mass is 897 g/mol. The molecule has 3 N–H and O–H groups in total. The highest BCUT2D eigenvalue weighted by Crippen LogP contribution is 2.39. The minimum Gasteiger partial charge on any atom is -0.478 e. The van der Waals surface area contributed by atoms with E-state index in [1.165, 1.54) is 11.9 Å². The van der Waals surface area contributed by atoms with Gasteiger partial charge in [0.15, 0.2) is 18.2 Å². The van der Waals surface area contributed by atoms with Gasteiger partial charge >= 0.3 is 0 Å². The van der Waals surface area contributed by atoms with Crippen LogP contribution in [0, 0.1) is 0 Å². The number of amides is 4. The number of piperidine rings is 3. The molecular weight excluding hydrogens is 845 g/mol. The number of carbonyl (C=O) groups excluding carboxylic acids is 4. The first-order chi connectivity index (χ1) is 30.8. The highest BCUT2D eigenvalue weighted by molar-refractivity contribution is 6.33. The average molecular weight is 898 g/mol. The first-order valence-corrected chi connectivity index (χ1v) is 22.6. The van der Waals surface area contributed by atoms with Crippen molar-refractivity contribution in [3.63, 3.8) is 0 Å². The molecule has 338 valence electrons. The Morgan fingerprint density at radius 3 is 2.53 bits per heavy atom. The first kappa shape index (κ1) is 43.6. The number of imide groups is 1. The molecule has 0 bridgehead atoms. The molecule has 1 saturated carbocycles. The third-order valence-electron chi connectivity index (χ3n) is 13.4. The number of anilines is 3. The van der Waals surface area contributed by atoms with Crippen molar-refractivity contribution >= 4 is 63.6 Å². The van der Waals surface area contributed by atoms with Crippen molar-refractivity contribution in [2.45, 2.75) is 108 Å². The van der Waals surface area contributed by atoms with Crippen molar-refractivity contribution in [3.05, 3.63) is 80.7 Å². The van der Waals surface area contributed by atoms with Crippen molar-refractivity contribution in [1.82, 2.24) is 35.0 Å². The number of nitrogens with zero attached hydrogens (tertiary/aromatic N) is 6. The molecule has 0 radical (unpaired) electrons. The zero-order chi connectivity index (χ0) is 44.8. The number of benzene rings is 2. The van der Waals surface area contributed by atoms with Gasteiger partial charge in [-0.15, -0.1) is 0 Å². The number of fused-ring (bicyclic) bond motifs is 2. The Kier molecular flexibility index (Phi) is 12.3. The normalized spacial score (nSPS) is 24.2. The lowest BCUT2D eigenvalue weighted by Gasteiger charge is -2.47. The van der Waals surface area contributed by atoms with Gasteiger partial charge in [-0.25, -0.2) is 9.37 Å². The molecule has 4 aliphatic heterocycles. The number of hydrogen-bond donors (Lipinski definition) is 3. The number of rotatable bonds is 12. The summed E-state index contributed by atoms with van der Waals surface area (Å²) in [5.41, 5.74) is 3.33. The van der Waals surface area contributed by atoms with E-state index in [1.54, 1.807) is 22.9 Å². The average Bonchev–Trinajstić information content (AvgIpc) is 3.59. The second-order valence-corrected chi connectivity index (χ2v) is 18.2. The molecule has 3 saturated heterocycles. The highest BCUT2D eigenvalue weighted by atomic mass is 35.5. The fraction of sp³-hybridized carbons (Fsp3) is 0.500. The molecule has 3 atom stereocenters. The van der Waals surface area contributed by atoms with Crippen LogP contribution in [0.25, 0.3) is 10.9 Å². The lowest BCUT2D eigenvalue weighted by Crippen LogP contribution is -2.54. The lowest BCUT2D eigenvalue weighted by atomic mass is 9.82. The smallest absolute Gasteiger partial charge is 0.293 e. The number of ether oxygens (including phenoxy) is 2. The summed E-state index contributed by atoms with van der Waals surface area (Å²) in [5, 5.41) is 9.25. The third-order valence-corrected chi connectivity index (χ3v) is 13.7. The molecule has 4 amide bonds. The second-order valence-electron chi connectivity index (χ2n) is 17.8. The Morgan fingerprint density at radius 2 is 1.80 bits per heavy atom. The van der Waals surface area contributed by atoms with E-state index in [4.69, 9.17) is 26.1 Å². The van der Waals surface area contributed by atoms with Gasteiger partial charge in [-0.1, -0.05) is 23.7 Å². The number of nitrogens with one attached hydrogen (secondary N) is 3. The summed E-state index contributed by atoms with van der Waals surface area (Å²) in [7, 11) is 1.51. The van der Waals surface area contributed by atoms with Crippen molar-refractivity contribution < 1.29 is 33.0 Å². The number of likely N-dealkylation sites (tertiary alicyclic amines) is 1. The number of hydrogen-bond acceptors (Lipinski definition) is 12. The van der Waals surface area contributed by atoms with Crippen LogP contribution in [0.4, 0.5) is 21.8 Å². The molecule has 2 aromatic heterocycles. The molecule has 1 aliphatic carbocycles. The number of aromatic nitrogens is 3. The first-order valence-electron chi connectivity index (χ1n) is 22.2. The molecule has 6 heterocycles. The van der Waals surface area contributed by atoms with E-state index >= 15 is 4.39 Å². The summed E-state index contributed by atoms with van der Waals surface area (Å²) < 4.78 is 29.7. The SMILES string of the molecule is CNC(=O)COc1cc2cc(Nc3nc(N4CCC(OC5CC(N6CC[C@H](c7ccc8c(c7)CN(C7CCC(=O)NC7=O)C8=O)[C@H](F)C6)C5)CC4)ncc3Cl)ccc2n(C(C)C)c1=O. The van der Waals surface area contributed by atoms with Gasteiger partial charge < -0.3 is 34.5 Å². The van der Waals surface area contributed by atoms with Gasteiger partial charge in [0.2, 0.25) is 17.8 Å². The van der Waals surface area contributed by atoms with Crippen molar-refractivity contribution in [1.29, 1.82) is 0 Å². The number of halogens is 2. The topological polar surface area (TPSA) is 180 Å². The lowest BCUT2D eigenvalue weighted by molar-refractivity contribution is -0.137. The Morgan fingerprint density at radius 1 is 1.00 bits per heavy atom. The van der Waals surface area contributed by atoms with Crippen LogP contribution in [-0.2, 0) is 25.7 Å². The van der Waals surface area contributed by atoms with Crippen molar-refractivity contribution in [2.24, 2.45) is 0 Å². The van der Waals surface area contributed by atoms with Crippen molar-refractivity contribution in [2.75, 3.05) is 50.1 Å². The van der Waals surface area contributed by atoms with E-state index in [-0.39, 0.29) is 78.8 Å². The Bertz CT molecular complexity index is 2540. The molecule has 0 spiro atoms. The zero-order valence-corrected chi connectivity index (χ0v) is 36.9. The molecule has 18 heteroatoms. The summed E-state index contributed by atoms with van der Waals surface area (Å²) in [6, 6.07) is 12.3. The fourth-order valence-electron chi connectivity index (χ4n) is 9.84. The van der Waals surface area contributed by atoms with Crippen LogP contribution >= 0.6 is 11.6 Å². The zero-order valence-electron chi connectivity index (χ0n) is 36.1. The van der Waals surface area contributed by atoms with Crippen LogP contribution in [0.3, 0.4) is 0 Å². The highest BCUT2D eigenvalue weighted by Gasteiger charge is 2.42.